The summed E-state index contributed by atoms with van der Waals surface area (Å²) in [5.74, 6) is 0.741. The maximum absolute atomic E-state index is 12.3. The molecule has 0 saturated heterocycles. The van der Waals surface area contributed by atoms with Crippen molar-refractivity contribution in [2.24, 2.45) is 16.7 Å². The second-order valence-electron chi connectivity index (χ2n) is 7.78. The molecule has 19 heavy (non-hydrogen) atoms. The summed E-state index contributed by atoms with van der Waals surface area (Å²) in [6, 6.07) is 1.92. The van der Waals surface area contributed by atoms with Crippen molar-refractivity contribution in [1.29, 1.82) is 0 Å². The molecule has 0 aliphatic heterocycles. The fraction of sp³-hybridized carbons (Fsp3) is 0.733. The molecule has 1 fully saturated rings. The predicted octanol–water partition coefficient (Wildman–Crippen LogP) is 3.33. The highest BCUT2D eigenvalue weighted by Crippen LogP contribution is 2.68. The Morgan fingerprint density at radius 2 is 1.79 bits per heavy atom. The molecule has 1 heterocycles. The van der Waals surface area contributed by atoms with Crippen molar-refractivity contribution in [1.82, 2.24) is 10.2 Å². The van der Waals surface area contributed by atoms with E-state index in [1.54, 1.807) is 0 Å². The number of anilines is 1. The molecular weight excluding hydrogens is 238 g/mol. The summed E-state index contributed by atoms with van der Waals surface area (Å²) in [6.45, 7) is 14.9. The first kappa shape index (κ1) is 14.1. The first-order chi connectivity index (χ1) is 8.48. The smallest absolute Gasteiger partial charge is 0.229 e. The summed E-state index contributed by atoms with van der Waals surface area (Å²) in [6.07, 6.45) is 0. The first-order valence-electron chi connectivity index (χ1n) is 6.84. The van der Waals surface area contributed by atoms with Gasteiger partial charge in [0, 0.05) is 23.1 Å². The molecular formula is C15H25N3O. The SMILES string of the molecule is CC(C)(C)c1cc(NC(=O)C2C(C)(C)C2(C)C)n[nH]1. The van der Waals surface area contributed by atoms with E-state index in [9.17, 15) is 4.79 Å². The quantitative estimate of drug-likeness (QED) is 0.860. The summed E-state index contributed by atoms with van der Waals surface area (Å²) in [7, 11) is 0. The van der Waals surface area contributed by atoms with Crippen LogP contribution in [-0.2, 0) is 10.2 Å². The molecule has 1 amide bonds. The Morgan fingerprint density at radius 1 is 1.26 bits per heavy atom. The van der Waals surface area contributed by atoms with Crippen molar-refractivity contribution in [2.75, 3.05) is 5.32 Å². The topological polar surface area (TPSA) is 57.8 Å². The minimum absolute atomic E-state index is 0.00804. The molecule has 0 unspecified atom stereocenters. The van der Waals surface area contributed by atoms with E-state index in [-0.39, 0.29) is 28.1 Å². The molecule has 1 aromatic heterocycles. The van der Waals surface area contributed by atoms with E-state index in [4.69, 9.17) is 0 Å². The van der Waals surface area contributed by atoms with Crippen molar-refractivity contribution < 1.29 is 4.79 Å². The molecule has 0 aromatic carbocycles. The van der Waals surface area contributed by atoms with E-state index in [1.807, 2.05) is 6.07 Å². The van der Waals surface area contributed by atoms with Crippen LogP contribution in [0, 0.1) is 16.7 Å². The number of carbonyl (C=O) groups excluding carboxylic acids is 1. The van der Waals surface area contributed by atoms with Gasteiger partial charge in [0.1, 0.15) is 0 Å². The summed E-state index contributed by atoms with van der Waals surface area (Å²) in [4.78, 5) is 12.3. The van der Waals surface area contributed by atoms with Gasteiger partial charge in [-0.2, -0.15) is 5.10 Å². The third-order valence-corrected chi connectivity index (χ3v) is 4.92. The van der Waals surface area contributed by atoms with E-state index in [1.165, 1.54) is 0 Å². The van der Waals surface area contributed by atoms with Crippen LogP contribution < -0.4 is 5.32 Å². The monoisotopic (exact) mass is 263 g/mol. The van der Waals surface area contributed by atoms with Gasteiger partial charge in [0.05, 0.1) is 0 Å². The van der Waals surface area contributed by atoms with Gasteiger partial charge in [0.15, 0.2) is 5.82 Å². The number of hydrogen-bond donors (Lipinski definition) is 2. The van der Waals surface area contributed by atoms with Crippen molar-refractivity contribution in [2.45, 2.75) is 53.9 Å². The largest absolute Gasteiger partial charge is 0.309 e. The minimum Gasteiger partial charge on any atom is -0.309 e. The Labute approximate surface area is 115 Å². The van der Waals surface area contributed by atoms with E-state index in [0.717, 1.165) is 5.69 Å². The van der Waals surface area contributed by atoms with Crippen molar-refractivity contribution in [3.63, 3.8) is 0 Å². The van der Waals surface area contributed by atoms with Gasteiger partial charge in [-0.05, 0) is 10.8 Å². The molecule has 1 aromatic rings. The second kappa shape index (κ2) is 3.84. The Balaban J connectivity index is 2.08. The lowest BCUT2D eigenvalue weighted by atomic mass is 9.92. The summed E-state index contributed by atoms with van der Waals surface area (Å²) in [5, 5.41) is 10.1. The predicted molar refractivity (Wildman–Crippen MR) is 77.0 cm³/mol. The van der Waals surface area contributed by atoms with Crippen molar-refractivity contribution >= 4 is 11.7 Å². The van der Waals surface area contributed by atoms with Crippen LogP contribution in [0.15, 0.2) is 6.07 Å². The average Bonchev–Trinajstić information content (AvgIpc) is 2.60. The fourth-order valence-corrected chi connectivity index (χ4v) is 2.82. The van der Waals surface area contributed by atoms with Gasteiger partial charge < -0.3 is 5.32 Å². The lowest BCUT2D eigenvalue weighted by Gasteiger charge is -2.14. The average molecular weight is 263 g/mol. The van der Waals surface area contributed by atoms with Gasteiger partial charge in [-0.3, -0.25) is 9.89 Å². The third-order valence-electron chi connectivity index (χ3n) is 4.92. The van der Waals surface area contributed by atoms with Crippen LogP contribution in [0.3, 0.4) is 0 Å². The van der Waals surface area contributed by atoms with Gasteiger partial charge in [-0.25, -0.2) is 0 Å². The van der Waals surface area contributed by atoms with Crippen LogP contribution in [0.5, 0.6) is 0 Å². The highest BCUT2D eigenvalue weighted by Gasteiger charge is 2.68. The van der Waals surface area contributed by atoms with Gasteiger partial charge in [-0.15, -0.1) is 0 Å². The van der Waals surface area contributed by atoms with Gasteiger partial charge in [0.2, 0.25) is 5.91 Å². The standard InChI is InChI=1S/C15H25N3O/c1-13(2,3)9-8-10(18-17-9)16-12(19)11-14(4,5)15(11,6)7/h8,11H,1-7H3,(H2,16,17,18,19). The van der Waals surface area contributed by atoms with Crippen LogP contribution >= 0.6 is 0 Å². The summed E-state index contributed by atoms with van der Waals surface area (Å²) < 4.78 is 0. The fourth-order valence-electron chi connectivity index (χ4n) is 2.82. The number of carbonyl (C=O) groups is 1. The Kier molecular flexibility index (Phi) is 2.85. The van der Waals surface area contributed by atoms with Crippen molar-refractivity contribution in [3.8, 4) is 0 Å². The lowest BCUT2D eigenvalue weighted by Crippen LogP contribution is -2.17. The Bertz CT molecular complexity index is 492. The Morgan fingerprint density at radius 3 is 2.16 bits per heavy atom. The number of hydrogen-bond acceptors (Lipinski definition) is 2. The highest BCUT2D eigenvalue weighted by atomic mass is 16.2. The molecule has 1 aliphatic rings. The van der Waals surface area contributed by atoms with Crippen LogP contribution in [0.2, 0.25) is 0 Å². The molecule has 0 spiro atoms. The van der Waals surface area contributed by atoms with E-state index in [2.05, 4.69) is 64.0 Å². The van der Waals surface area contributed by atoms with E-state index in [0.29, 0.717) is 5.82 Å². The molecule has 2 N–H and O–H groups in total. The van der Waals surface area contributed by atoms with E-state index >= 15 is 0 Å². The van der Waals surface area contributed by atoms with Gasteiger partial charge in [0.25, 0.3) is 0 Å². The van der Waals surface area contributed by atoms with E-state index < -0.39 is 0 Å². The van der Waals surface area contributed by atoms with Crippen LogP contribution in [-0.4, -0.2) is 16.1 Å². The maximum Gasteiger partial charge on any atom is 0.229 e. The molecule has 106 valence electrons. The van der Waals surface area contributed by atoms with Crippen LogP contribution in [0.25, 0.3) is 0 Å². The summed E-state index contributed by atoms with van der Waals surface area (Å²) >= 11 is 0. The third kappa shape index (κ3) is 2.17. The number of amides is 1. The zero-order valence-electron chi connectivity index (χ0n) is 13.0. The number of nitrogens with zero attached hydrogens (tertiary/aromatic N) is 1. The zero-order chi connectivity index (χ0) is 14.6. The minimum atomic E-state index is 0.00804. The summed E-state index contributed by atoms with van der Waals surface area (Å²) in [5.41, 5.74) is 1.14. The van der Waals surface area contributed by atoms with Crippen LogP contribution in [0.1, 0.15) is 54.2 Å². The van der Waals surface area contributed by atoms with Crippen LogP contribution in [0.4, 0.5) is 5.82 Å². The lowest BCUT2D eigenvalue weighted by molar-refractivity contribution is -0.118. The number of aromatic amines is 1. The molecule has 2 rings (SSSR count). The van der Waals surface area contributed by atoms with Gasteiger partial charge >= 0.3 is 0 Å². The molecule has 0 atom stereocenters. The molecule has 4 heteroatoms. The van der Waals surface area contributed by atoms with Gasteiger partial charge in [-0.1, -0.05) is 48.5 Å². The molecule has 1 aliphatic carbocycles. The Hall–Kier alpha value is -1.32. The highest BCUT2D eigenvalue weighted by molar-refractivity contribution is 5.95. The molecule has 0 bridgehead atoms. The normalized spacial score (nSPS) is 21.2. The maximum atomic E-state index is 12.3. The first-order valence-corrected chi connectivity index (χ1v) is 6.84. The van der Waals surface area contributed by atoms with Crippen molar-refractivity contribution in [3.05, 3.63) is 11.8 Å². The zero-order valence-corrected chi connectivity index (χ0v) is 13.0. The second-order valence-corrected chi connectivity index (χ2v) is 7.78. The number of H-pyrrole nitrogens is 1. The number of rotatable bonds is 2. The molecule has 0 radical (unpaired) electrons. The molecule has 1 saturated carbocycles. The number of aromatic nitrogens is 2. The number of nitrogens with one attached hydrogen (secondary N) is 2. The molecule has 4 nitrogen and oxygen atoms in total.